The van der Waals surface area contributed by atoms with Crippen molar-refractivity contribution in [1.82, 2.24) is 14.5 Å². The number of hydrogen-bond acceptors (Lipinski definition) is 6. The average molecular weight is 454 g/mol. The summed E-state index contributed by atoms with van der Waals surface area (Å²) >= 11 is 0. The molecule has 145 valence electrons. The van der Waals surface area contributed by atoms with Crippen LogP contribution in [0.2, 0.25) is 0 Å². The Morgan fingerprint density at radius 3 is 2.28 bits per heavy atom. The second-order valence-corrected chi connectivity index (χ2v) is 7.84. The van der Waals surface area contributed by atoms with Gasteiger partial charge < -0.3 is 19.9 Å². The number of aliphatic hydroxyl groups excluding tert-OH is 1. The van der Waals surface area contributed by atoms with Crippen molar-refractivity contribution in [2.75, 3.05) is 72.3 Å². The second-order valence-electron chi connectivity index (χ2n) is 5.83. The fourth-order valence-corrected chi connectivity index (χ4v) is 3.38. The summed E-state index contributed by atoms with van der Waals surface area (Å²) in [6, 6.07) is 0. The third kappa shape index (κ3) is 11.8. The van der Waals surface area contributed by atoms with Crippen molar-refractivity contribution in [2.45, 2.75) is 19.1 Å². The number of carbonyl (C=O) groups is 1. The number of aliphatic hydroxyl groups is 1. The molecule has 1 saturated heterocycles. The quantitative estimate of drug-likeness (QED) is 0.361. The summed E-state index contributed by atoms with van der Waals surface area (Å²) < 4.78 is 24.9. The van der Waals surface area contributed by atoms with E-state index in [-0.39, 0.29) is 38.0 Å². The Bertz CT molecular complexity index is 382. The van der Waals surface area contributed by atoms with Crippen LogP contribution >= 0.6 is 0 Å². The van der Waals surface area contributed by atoms with Gasteiger partial charge >= 0.3 is 0 Å². The van der Waals surface area contributed by atoms with E-state index >= 15 is 0 Å². The van der Waals surface area contributed by atoms with E-state index < -0.39 is 23.5 Å². The van der Waals surface area contributed by atoms with Gasteiger partial charge in [-0.1, -0.05) is 0 Å². The predicted octanol–water partition coefficient (Wildman–Crippen LogP) is -1.18. The zero-order chi connectivity index (χ0) is 17.8. The molecule has 1 rings (SSSR count). The van der Waals surface area contributed by atoms with Gasteiger partial charge in [-0.15, -0.1) is 0 Å². The molecule has 1 radical (unpaired) electrons. The van der Waals surface area contributed by atoms with Crippen LogP contribution in [0.25, 0.3) is 0 Å². The molecule has 0 bridgehead atoms. The van der Waals surface area contributed by atoms with E-state index in [0.29, 0.717) is 33.0 Å². The summed E-state index contributed by atoms with van der Waals surface area (Å²) in [4.78, 5) is 13.1. The summed E-state index contributed by atoms with van der Waals surface area (Å²) in [5.74, 6) is -0.396. The zero-order valence-corrected chi connectivity index (χ0v) is 19.0. The van der Waals surface area contributed by atoms with Gasteiger partial charge in [0, 0.05) is 77.2 Å². The predicted molar refractivity (Wildman–Crippen MR) is 93.0 cm³/mol. The molecular weight excluding hydrogens is 423 g/mol. The summed E-state index contributed by atoms with van der Waals surface area (Å²) in [6.07, 6.45) is 0. The van der Waals surface area contributed by atoms with Crippen LogP contribution in [-0.2, 0) is 58.0 Å². The van der Waals surface area contributed by atoms with Crippen LogP contribution in [0.1, 0.15) is 13.8 Å². The number of nitrogens with one attached hydrogen (secondary N) is 1. The third-order valence-electron chi connectivity index (χ3n) is 3.63. The molecule has 0 aromatic heterocycles. The molecule has 1 aliphatic rings. The Morgan fingerprint density at radius 2 is 1.72 bits per heavy atom. The normalized spacial score (nSPS) is 17.3. The van der Waals surface area contributed by atoms with Crippen molar-refractivity contribution in [2.24, 2.45) is 0 Å². The second kappa shape index (κ2) is 15.6. The maximum atomic E-state index is 12.0. The van der Waals surface area contributed by atoms with E-state index in [1.165, 1.54) is 0 Å². The monoisotopic (exact) mass is 454 g/mol. The number of hydrogen-bond donors (Lipinski definition) is 2. The van der Waals surface area contributed by atoms with Crippen LogP contribution in [0.5, 0.6) is 0 Å². The fraction of sp³-hybridized carbons (Fsp3) is 0.933. The van der Waals surface area contributed by atoms with E-state index in [9.17, 15) is 9.00 Å². The molecule has 0 aliphatic carbocycles. The minimum atomic E-state index is -0.871. The molecule has 0 aromatic rings. The number of rotatable bonds is 12. The third-order valence-corrected chi connectivity index (χ3v) is 5.31. The molecule has 1 fully saturated rings. The summed E-state index contributed by atoms with van der Waals surface area (Å²) in [6.45, 7) is 10.3. The minimum Gasteiger partial charge on any atom is -0.387 e. The molecule has 0 spiro atoms. The smallest absolute Gasteiger partial charge is 0.245 e. The molecule has 1 atom stereocenters. The van der Waals surface area contributed by atoms with E-state index in [2.05, 4.69) is 10.2 Å². The van der Waals surface area contributed by atoms with E-state index in [1.807, 2.05) is 18.2 Å². The maximum Gasteiger partial charge on any atom is 0.245 e. The van der Waals surface area contributed by atoms with Gasteiger partial charge in [-0.25, -0.2) is 8.51 Å². The van der Waals surface area contributed by atoms with Crippen molar-refractivity contribution >= 4 is 16.9 Å². The van der Waals surface area contributed by atoms with Crippen molar-refractivity contribution < 1.29 is 56.3 Å². The van der Waals surface area contributed by atoms with Gasteiger partial charge in [0.2, 0.25) is 5.91 Å². The van der Waals surface area contributed by atoms with E-state index in [1.54, 1.807) is 0 Å². The van der Waals surface area contributed by atoms with Gasteiger partial charge in [0.05, 0.1) is 37.4 Å². The summed E-state index contributed by atoms with van der Waals surface area (Å²) in [5.41, 5.74) is 0. The van der Waals surface area contributed by atoms with Gasteiger partial charge in [0.25, 0.3) is 0 Å². The molecule has 1 aliphatic heterocycles. The summed E-state index contributed by atoms with van der Waals surface area (Å²) in [7, 11) is -0.871. The molecule has 2 N–H and O–H groups in total. The first-order valence-corrected chi connectivity index (χ1v) is 9.62. The number of ether oxygens (including phenoxy) is 2. The number of nitrogens with zero attached hydrogens (tertiary/aromatic N) is 2. The summed E-state index contributed by atoms with van der Waals surface area (Å²) in [5, 5.41) is 11.2. The Balaban J connectivity index is 0.00000576. The first kappa shape index (κ1) is 25.5. The number of amides is 1. The minimum absolute atomic E-state index is 0. The van der Waals surface area contributed by atoms with E-state index in [0.717, 1.165) is 32.7 Å². The van der Waals surface area contributed by atoms with Crippen LogP contribution in [0, 0.1) is 0 Å². The van der Waals surface area contributed by atoms with Crippen molar-refractivity contribution in [3.63, 3.8) is 0 Å². The molecule has 1 amide bonds. The Hall–Kier alpha value is 0.524. The Morgan fingerprint density at radius 1 is 1.12 bits per heavy atom. The van der Waals surface area contributed by atoms with E-state index in [4.69, 9.17) is 14.6 Å². The molecule has 0 saturated carbocycles. The maximum absolute atomic E-state index is 12.0. The largest absolute Gasteiger partial charge is 0.387 e. The van der Waals surface area contributed by atoms with Crippen molar-refractivity contribution in [3.05, 3.63) is 0 Å². The topological polar surface area (TPSA) is 91.3 Å². The van der Waals surface area contributed by atoms with Gasteiger partial charge in [-0.3, -0.25) is 9.69 Å². The average Bonchev–Trinajstić information content (AvgIpc) is 2.59. The molecule has 8 nitrogen and oxygen atoms in total. The van der Waals surface area contributed by atoms with Crippen LogP contribution in [-0.4, -0.2) is 102 Å². The van der Waals surface area contributed by atoms with Gasteiger partial charge in [0.15, 0.2) is 0 Å². The first-order valence-electron chi connectivity index (χ1n) is 8.45. The molecule has 10 heteroatoms. The van der Waals surface area contributed by atoms with Crippen LogP contribution in [0.15, 0.2) is 0 Å². The van der Waals surface area contributed by atoms with Crippen LogP contribution in [0.4, 0.5) is 0 Å². The molecule has 0 aromatic carbocycles. The van der Waals surface area contributed by atoms with Gasteiger partial charge in [0.1, 0.15) is 6.61 Å². The fourth-order valence-electron chi connectivity index (χ4n) is 2.27. The van der Waals surface area contributed by atoms with Crippen LogP contribution in [0.3, 0.4) is 0 Å². The molecule has 1 heterocycles. The van der Waals surface area contributed by atoms with Gasteiger partial charge in [-0.05, 0) is 13.8 Å². The van der Waals surface area contributed by atoms with Crippen molar-refractivity contribution in [3.8, 4) is 0 Å². The number of carbonyl (C=O) groups excluding carboxylic acids is 1. The Labute approximate surface area is 178 Å². The van der Waals surface area contributed by atoms with Crippen LogP contribution < -0.4 is 5.32 Å². The zero-order valence-electron chi connectivity index (χ0n) is 15.3. The standard InChI is InChI=1S/C15H31N3O5S.Y/c1-14(2)24(21)18-6-4-17(5-7-18)8-10-23-12-11-22-9-3-16-15(20)13-19;/h14,19H,3-13H2,1-2H3,(H,16,20);. The first-order chi connectivity index (χ1) is 11.5. The molecule has 1 unspecified atom stereocenters. The van der Waals surface area contributed by atoms with Crippen molar-refractivity contribution in [1.29, 1.82) is 0 Å². The Kier molecular flexibility index (Phi) is 15.9. The van der Waals surface area contributed by atoms with Gasteiger partial charge in [-0.2, -0.15) is 0 Å². The SMILES string of the molecule is CC(C)S(=O)N1CCN(CCOCCOCCNC(=O)CO)CC1.[Y]. The molecular formula is C15H31N3O5SY. The number of piperazine rings is 1. The molecule has 25 heavy (non-hydrogen) atoms.